The maximum absolute atomic E-state index is 14.3. The Morgan fingerprint density at radius 2 is 1.50 bits per heavy atom. The van der Waals surface area contributed by atoms with Gasteiger partial charge in [-0.3, -0.25) is 14.5 Å². The van der Waals surface area contributed by atoms with Crippen LogP contribution >= 0.6 is 0 Å². The van der Waals surface area contributed by atoms with Gasteiger partial charge in [0.05, 0.1) is 29.4 Å². The Hall–Kier alpha value is -6.32. The molecule has 4 aromatic carbocycles. The number of aryl methyl sites for hydroxylation is 3. The van der Waals surface area contributed by atoms with Crippen LogP contribution in [0.3, 0.4) is 0 Å². The average Bonchev–Trinajstić information content (AvgIpc) is 3.16. The van der Waals surface area contributed by atoms with Crippen LogP contribution in [0.1, 0.15) is 43.9 Å². The highest BCUT2D eigenvalue weighted by Crippen LogP contribution is 2.42. The minimum absolute atomic E-state index is 0.135. The lowest BCUT2D eigenvalue weighted by Crippen LogP contribution is -2.37. The van der Waals surface area contributed by atoms with Crippen molar-refractivity contribution in [2.75, 3.05) is 40.3 Å². The van der Waals surface area contributed by atoms with E-state index in [9.17, 15) is 41.4 Å². The highest BCUT2D eigenvalue weighted by molar-refractivity contribution is 6.40. The normalized spacial score (nSPS) is 11.3. The maximum Gasteiger partial charge on any atom is 0.397 e. The molecule has 1 unspecified atom stereocenters. The predicted octanol–water partition coefficient (Wildman–Crippen LogP) is 8.46. The minimum atomic E-state index is -2.38. The number of rotatable bonds is 15. The van der Waals surface area contributed by atoms with E-state index >= 15 is 0 Å². The fourth-order valence-electron chi connectivity index (χ4n) is 5.64. The molecule has 0 spiro atoms. The average molecular weight is 785 g/mol. The zero-order chi connectivity index (χ0) is 41.4. The highest BCUT2D eigenvalue weighted by atomic mass is 19.2. The smallest absolute Gasteiger partial charge is 0.397 e. The van der Waals surface area contributed by atoms with E-state index in [-0.39, 0.29) is 35.8 Å². The third kappa shape index (κ3) is 9.13. The lowest BCUT2D eigenvalue weighted by molar-refractivity contribution is -0.152. The molecule has 0 radical (unpaired) electrons. The molecule has 0 aromatic heterocycles. The van der Waals surface area contributed by atoms with Crippen molar-refractivity contribution in [2.24, 2.45) is 0 Å². The van der Waals surface area contributed by atoms with Crippen molar-refractivity contribution in [1.82, 2.24) is 0 Å². The zero-order valence-corrected chi connectivity index (χ0v) is 31.5. The fourth-order valence-corrected chi connectivity index (χ4v) is 5.64. The van der Waals surface area contributed by atoms with E-state index < -0.39 is 71.2 Å². The molecule has 0 bridgehead atoms. The van der Waals surface area contributed by atoms with Crippen molar-refractivity contribution < 1.29 is 55.7 Å². The second-order valence-corrected chi connectivity index (χ2v) is 12.3. The first-order chi connectivity index (χ1) is 26.6. The summed E-state index contributed by atoms with van der Waals surface area (Å²) in [6, 6.07) is 12.4. The van der Waals surface area contributed by atoms with Gasteiger partial charge in [-0.25, -0.2) is 18.0 Å². The summed E-state index contributed by atoms with van der Waals surface area (Å²) >= 11 is 0. The number of carbonyl (C=O) groups is 3. The molecular weight excluding hydrogens is 743 g/mol. The van der Waals surface area contributed by atoms with E-state index in [4.69, 9.17) is 14.2 Å². The number of hydrogen-bond acceptors (Lipinski definition) is 9. The Morgan fingerprint density at radius 1 is 0.839 bits per heavy atom. The molecule has 16 heteroatoms. The van der Waals surface area contributed by atoms with Gasteiger partial charge < -0.3 is 34.9 Å². The lowest BCUT2D eigenvalue weighted by atomic mass is 10.1. The summed E-state index contributed by atoms with van der Waals surface area (Å²) in [7, 11) is 0. The van der Waals surface area contributed by atoms with Crippen LogP contribution in [0.2, 0.25) is 0 Å². The van der Waals surface area contributed by atoms with Crippen molar-refractivity contribution in [3.05, 3.63) is 107 Å². The number of halogens is 5. The van der Waals surface area contributed by atoms with Crippen molar-refractivity contribution in [2.45, 2.75) is 54.1 Å². The molecule has 298 valence electrons. The second kappa shape index (κ2) is 18.3. The molecule has 2 amide bonds. The van der Waals surface area contributed by atoms with Gasteiger partial charge in [-0.05, 0) is 88.7 Å². The number of benzene rings is 4. The van der Waals surface area contributed by atoms with Gasteiger partial charge in [0.1, 0.15) is 11.5 Å². The standard InChI is InChI=1S/C40H41F5N4O7/c1-8-30(56-31-15-12-21(5)16-23(31)7)38(51)47-25-19-29(50)26(46-20-55-37-35(44)33(42)32(41)34(43)36(37)45)18-28(25)49(39(52)40(53)54-11-4)27-14-13-24(17-22(27)6)48(9-2)10-3/h9,12-19,30,46,50H,2,8,10-11,20H2,1,3-7H3,(H,47,51). The van der Waals surface area contributed by atoms with Crippen molar-refractivity contribution in [1.29, 1.82) is 0 Å². The topological polar surface area (TPSA) is 130 Å². The molecule has 0 aliphatic rings. The van der Waals surface area contributed by atoms with E-state index in [0.717, 1.165) is 28.2 Å². The number of carbonyl (C=O) groups excluding carboxylic acids is 3. The number of hydrogen-bond donors (Lipinski definition) is 3. The molecule has 4 rings (SSSR count). The fraction of sp³-hybridized carbons (Fsp3) is 0.275. The van der Waals surface area contributed by atoms with Gasteiger partial charge in [-0.2, -0.15) is 8.78 Å². The number of esters is 1. The third-order valence-electron chi connectivity index (χ3n) is 8.49. The first-order valence-electron chi connectivity index (χ1n) is 17.4. The maximum atomic E-state index is 14.3. The monoisotopic (exact) mass is 784 g/mol. The minimum Gasteiger partial charge on any atom is -0.506 e. The molecule has 0 heterocycles. The van der Waals surface area contributed by atoms with Gasteiger partial charge in [0.2, 0.25) is 29.1 Å². The Balaban J connectivity index is 1.86. The summed E-state index contributed by atoms with van der Waals surface area (Å²) in [5, 5.41) is 16.3. The van der Waals surface area contributed by atoms with E-state index in [2.05, 4.69) is 17.2 Å². The Kier molecular flexibility index (Phi) is 13.9. The van der Waals surface area contributed by atoms with Gasteiger partial charge in [-0.15, -0.1) is 0 Å². The molecule has 0 saturated carbocycles. The zero-order valence-electron chi connectivity index (χ0n) is 31.5. The molecule has 3 N–H and O–H groups in total. The predicted molar refractivity (Wildman–Crippen MR) is 201 cm³/mol. The summed E-state index contributed by atoms with van der Waals surface area (Å²) in [5.41, 5.74) is 2.27. The van der Waals surface area contributed by atoms with Crippen molar-refractivity contribution in [3.63, 3.8) is 0 Å². The number of amides is 2. The van der Waals surface area contributed by atoms with Gasteiger partial charge >= 0.3 is 11.9 Å². The van der Waals surface area contributed by atoms with Crippen LogP contribution in [0.5, 0.6) is 17.2 Å². The number of nitrogens with zero attached hydrogens (tertiary/aromatic N) is 2. The summed E-state index contributed by atoms with van der Waals surface area (Å²) in [6.07, 6.45) is 0.687. The number of nitrogens with one attached hydrogen (secondary N) is 2. The van der Waals surface area contributed by atoms with Gasteiger partial charge in [0.25, 0.3) is 5.91 Å². The van der Waals surface area contributed by atoms with Gasteiger partial charge in [0, 0.05) is 18.3 Å². The van der Waals surface area contributed by atoms with Crippen LogP contribution < -0.4 is 29.9 Å². The van der Waals surface area contributed by atoms with E-state index in [0.29, 0.717) is 23.5 Å². The second-order valence-electron chi connectivity index (χ2n) is 12.3. The molecule has 1 atom stereocenters. The summed E-state index contributed by atoms with van der Waals surface area (Å²) in [6.45, 7) is 13.7. The molecular formula is C40H41F5N4O7. The number of phenols is 1. The number of ether oxygens (including phenoxy) is 3. The summed E-state index contributed by atoms with van der Waals surface area (Å²) in [4.78, 5) is 43.7. The van der Waals surface area contributed by atoms with Crippen LogP contribution in [0, 0.1) is 49.9 Å². The van der Waals surface area contributed by atoms with Crippen LogP contribution in [-0.4, -0.2) is 48.9 Å². The Bertz CT molecular complexity index is 2120. The molecule has 11 nitrogen and oxygen atoms in total. The molecule has 4 aromatic rings. The molecule has 0 saturated heterocycles. The van der Waals surface area contributed by atoms with Crippen molar-refractivity contribution >= 4 is 46.2 Å². The first-order valence-corrected chi connectivity index (χ1v) is 17.4. The van der Waals surface area contributed by atoms with E-state index in [1.165, 1.54) is 13.0 Å². The quantitative estimate of drug-likeness (QED) is 0.0207. The van der Waals surface area contributed by atoms with Crippen LogP contribution in [0.25, 0.3) is 0 Å². The molecule has 0 fully saturated rings. The number of anilines is 5. The third-order valence-corrected chi connectivity index (χ3v) is 8.49. The van der Waals surface area contributed by atoms with Crippen LogP contribution in [-0.2, 0) is 19.1 Å². The number of phenolic OH excluding ortho intramolecular Hbond substituents is 1. The van der Waals surface area contributed by atoms with Crippen molar-refractivity contribution in [3.8, 4) is 17.2 Å². The summed E-state index contributed by atoms with van der Waals surface area (Å²) in [5.74, 6) is -16.3. The molecule has 0 aliphatic carbocycles. The Morgan fingerprint density at radius 3 is 2.07 bits per heavy atom. The summed E-state index contributed by atoms with van der Waals surface area (Å²) < 4.78 is 85.8. The van der Waals surface area contributed by atoms with Gasteiger partial charge in [-0.1, -0.05) is 31.2 Å². The molecule has 56 heavy (non-hydrogen) atoms. The number of aromatic hydroxyl groups is 1. The van der Waals surface area contributed by atoms with E-state index in [1.54, 1.807) is 38.2 Å². The lowest BCUT2D eigenvalue weighted by Gasteiger charge is -2.29. The highest BCUT2D eigenvalue weighted by Gasteiger charge is 2.32. The Labute approximate surface area is 320 Å². The largest absolute Gasteiger partial charge is 0.506 e. The van der Waals surface area contributed by atoms with Crippen LogP contribution in [0.4, 0.5) is 50.4 Å². The van der Waals surface area contributed by atoms with Crippen LogP contribution in [0.15, 0.2) is 61.3 Å². The molecule has 0 aliphatic heterocycles. The van der Waals surface area contributed by atoms with E-state index in [1.807, 2.05) is 37.8 Å². The SMILES string of the molecule is C=CN(CC)c1ccc(N(C(=O)C(=O)OCC)c2cc(NCOc3c(F)c(F)c(F)c(F)c3F)c(O)cc2NC(=O)C(CC)Oc2ccc(C)cc2C)c(C)c1. The van der Waals surface area contributed by atoms with Gasteiger partial charge in [0.15, 0.2) is 18.6 Å². The first kappa shape index (κ1) is 42.4.